The summed E-state index contributed by atoms with van der Waals surface area (Å²) in [5.41, 5.74) is 0. The highest BCUT2D eigenvalue weighted by atomic mass is 31.2. The average molecular weight is 209 g/mol. The molecule has 6 nitrogen and oxygen atoms in total. The third-order valence-corrected chi connectivity index (χ3v) is 1.95. The minimum atomic E-state index is -4.96. The average Bonchev–Trinajstić information content (AvgIpc) is 1.81. The number of carboxylic acid groups (broad SMARTS) is 1. The molecular weight excluding hydrogens is 197 g/mol. The molecule has 0 amide bonds. The van der Waals surface area contributed by atoms with Gasteiger partial charge in [-0.1, -0.05) is 21.9 Å². The molecule has 13 heavy (non-hydrogen) atoms. The van der Waals surface area contributed by atoms with Gasteiger partial charge >= 0.3 is 5.97 Å². The van der Waals surface area contributed by atoms with E-state index in [1.807, 2.05) is 0 Å². The summed E-state index contributed by atoms with van der Waals surface area (Å²) >= 11 is 0. The van der Waals surface area contributed by atoms with Crippen LogP contribution in [-0.4, -0.2) is 17.1 Å². The Kier molecular flexibility index (Phi) is 4.74. The summed E-state index contributed by atoms with van der Waals surface area (Å²) < 4.78 is 0. The molecule has 0 rings (SSSR count). The maximum Gasteiger partial charge on any atom is 0.324 e. The molecule has 2 N–H and O–H groups in total. The van der Waals surface area contributed by atoms with E-state index in [9.17, 15) is 19.5 Å². The normalized spacial score (nSPS) is 14.6. The van der Waals surface area contributed by atoms with Crippen LogP contribution in [0.3, 0.4) is 0 Å². The van der Waals surface area contributed by atoms with Crippen LogP contribution in [0.4, 0.5) is 0 Å². The first-order valence-electron chi connectivity index (χ1n) is 3.75. The van der Waals surface area contributed by atoms with Crippen molar-refractivity contribution in [2.45, 2.75) is 26.3 Å². The number of hydrogen-bond acceptors (Lipinski definition) is 5. The van der Waals surface area contributed by atoms with E-state index in [1.54, 1.807) is 13.8 Å². The fourth-order valence-corrected chi connectivity index (χ4v) is 1.47. The second kappa shape index (κ2) is 4.83. The van der Waals surface area contributed by atoms with E-state index in [2.05, 4.69) is 0 Å². The lowest BCUT2D eigenvalue weighted by molar-refractivity contribution is -0.433. The Morgan fingerprint density at radius 2 is 1.92 bits per heavy atom. The lowest BCUT2D eigenvalue weighted by atomic mass is 10.1. The molecule has 0 spiro atoms. The van der Waals surface area contributed by atoms with Crippen molar-refractivity contribution in [1.29, 1.82) is 0 Å². The highest BCUT2D eigenvalue weighted by Crippen LogP contribution is 2.23. The Labute approximate surface area is 76.9 Å². The van der Waals surface area contributed by atoms with E-state index < -0.39 is 20.1 Å². The number of carbonyl (C=O) groups is 1. The van der Waals surface area contributed by atoms with Gasteiger partial charge in [-0.2, -0.15) is 5.09 Å². The molecule has 0 radical (unpaired) electrons. The molecule has 1 unspecified atom stereocenters. The monoisotopic (exact) mass is 209 g/mol. The van der Waals surface area contributed by atoms with Crippen LogP contribution in [0.1, 0.15) is 20.3 Å². The molecule has 0 fully saturated rings. The fraction of sp³-hybridized carbons (Fsp3) is 0.833. The van der Waals surface area contributed by atoms with Gasteiger partial charge in [-0.3, -0.25) is 4.79 Å². The van der Waals surface area contributed by atoms with E-state index in [1.165, 1.54) is 5.09 Å². The Balaban J connectivity index is 4.19. The number of rotatable bonds is 5. The molecule has 0 aromatic rings. The van der Waals surface area contributed by atoms with Crippen molar-refractivity contribution in [3.8, 4) is 0 Å². The Hall–Kier alpha value is -0.260. The summed E-state index contributed by atoms with van der Waals surface area (Å²) in [5, 5.41) is 10.1. The molecule has 1 atom stereocenters. The van der Waals surface area contributed by atoms with Crippen LogP contribution < -0.4 is 19.8 Å². The van der Waals surface area contributed by atoms with Crippen molar-refractivity contribution in [2.24, 2.45) is 5.92 Å². The van der Waals surface area contributed by atoms with Crippen molar-refractivity contribution < 1.29 is 24.6 Å². The van der Waals surface area contributed by atoms with Crippen LogP contribution in [0.25, 0.3) is 0 Å². The highest BCUT2D eigenvalue weighted by molar-refractivity contribution is 7.52. The van der Waals surface area contributed by atoms with Crippen molar-refractivity contribution >= 4 is 14.1 Å². The summed E-state index contributed by atoms with van der Waals surface area (Å²) in [5.74, 6) is -1.33. The van der Waals surface area contributed by atoms with Gasteiger partial charge in [-0.05, 0) is 12.3 Å². The number of hydrogen-bond donors (Lipinski definition) is 2. The smallest absolute Gasteiger partial charge is 0.324 e. The van der Waals surface area contributed by atoms with Crippen LogP contribution >= 0.6 is 8.09 Å². The van der Waals surface area contributed by atoms with Gasteiger partial charge in [0.05, 0.1) is 0 Å². The lowest BCUT2D eigenvalue weighted by Crippen LogP contribution is -2.50. The van der Waals surface area contributed by atoms with Crippen molar-refractivity contribution in [3.05, 3.63) is 0 Å². The summed E-state index contributed by atoms with van der Waals surface area (Å²) in [6.07, 6.45) is 0.101. The first-order chi connectivity index (χ1) is 5.72. The maximum absolute atomic E-state index is 10.5. The van der Waals surface area contributed by atoms with Crippen molar-refractivity contribution in [2.75, 3.05) is 0 Å². The van der Waals surface area contributed by atoms with Crippen LogP contribution in [0.15, 0.2) is 0 Å². The zero-order valence-corrected chi connectivity index (χ0v) is 8.28. The van der Waals surface area contributed by atoms with E-state index >= 15 is 0 Å². The van der Waals surface area contributed by atoms with Gasteiger partial charge in [-0.15, -0.1) is 0 Å². The first kappa shape index (κ1) is 12.7. The predicted octanol–water partition coefficient (Wildman–Crippen LogP) is -2.17. The second-order valence-electron chi connectivity index (χ2n) is 3.15. The van der Waals surface area contributed by atoms with Gasteiger partial charge in [0.2, 0.25) is 0 Å². The zero-order valence-electron chi connectivity index (χ0n) is 7.39. The van der Waals surface area contributed by atoms with E-state index in [4.69, 9.17) is 5.11 Å². The predicted molar refractivity (Wildman–Crippen MR) is 40.9 cm³/mol. The molecule has 0 aliphatic carbocycles. The molecule has 0 saturated carbocycles. The third kappa shape index (κ3) is 6.86. The minimum absolute atomic E-state index is 0.000139. The van der Waals surface area contributed by atoms with E-state index in [-0.39, 0.29) is 12.3 Å². The van der Waals surface area contributed by atoms with Crippen LogP contribution in [-0.2, 0) is 4.79 Å². The molecule has 0 aromatic heterocycles. The van der Waals surface area contributed by atoms with Gasteiger partial charge < -0.3 is 19.8 Å². The Bertz CT molecular complexity index is 178. The molecule has 0 saturated heterocycles. The third-order valence-electron chi connectivity index (χ3n) is 1.32. The highest BCUT2D eigenvalue weighted by Gasteiger charge is 2.21. The summed E-state index contributed by atoms with van der Waals surface area (Å²) in [4.78, 5) is 41.1. The quantitative estimate of drug-likeness (QED) is 0.497. The largest absolute Gasteiger partial charge is 0.673 e. The minimum Gasteiger partial charge on any atom is -0.673 e. The molecule has 7 heteroatoms. The van der Waals surface area contributed by atoms with Gasteiger partial charge in [0.15, 0.2) is 0 Å². The Morgan fingerprint density at radius 3 is 2.15 bits per heavy atom. The second-order valence-corrected chi connectivity index (χ2v) is 4.40. The van der Waals surface area contributed by atoms with Gasteiger partial charge in [0, 0.05) is 0 Å². The molecular formula is C6H12NO5P-2. The zero-order chi connectivity index (χ0) is 10.6. The number of nitrogens with one attached hydrogen (secondary N) is 1. The molecule has 0 bridgehead atoms. The van der Waals surface area contributed by atoms with Crippen molar-refractivity contribution in [3.63, 3.8) is 0 Å². The molecule has 0 aliphatic rings. The van der Waals surface area contributed by atoms with Crippen LogP contribution in [0.2, 0.25) is 0 Å². The molecule has 0 aliphatic heterocycles. The lowest BCUT2D eigenvalue weighted by Gasteiger charge is -2.43. The fourth-order valence-electron chi connectivity index (χ4n) is 0.871. The number of aliphatic carboxylic acids is 1. The van der Waals surface area contributed by atoms with Crippen LogP contribution in [0.5, 0.6) is 0 Å². The SMILES string of the molecule is CC(C)CC(N[P+]([O-])([O-])[O-])C(=O)O. The van der Waals surface area contributed by atoms with Gasteiger partial charge in [0.1, 0.15) is 6.04 Å². The summed E-state index contributed by atoms with van der Waals surface area (Å²) in [7, 11) is -4.96. The van der Waals surface area contributed by atoms with E-state index in [0.717, 1.165) is 0 Å². The van der Waals surface area contributed by atoms with E-state index in [0.29, 0.717) is 0 Å². The van der Waals surface area contributed by atoms with Gasteiger partial charge in [-0.25, -0.2) is 0 Å². The van der Waals surface area contributed by atoms with Crippen LogP contribution in [0, 0.1) is 5.92 Å². The summed E-state index contributed by atoms with van der Waals surface area (Å²) in [6.45, 7) is 3.47. The topological polar surface area (TPSA) is 119 Å². The van der Waals surface area contributed by atoms with Gasteiger partial charge in [0.25, 0.3) is 0 Å². The first-order valence-corrected chi connectivity index (χ1v) is 5.29. The Morgan fingerprint density at radius 1 is 1.46 bits per heavy atom. The maximum atomic E-state index is 10.5. The van der Waals surface area contributed by atoms with Crippen molar-refractivity contribution in [1.82, 2.24) is 5.09 Å². The number of carboxylic acids is 1. The standard InChI is InChI=1S/C6H14NO5P/c1-4(2)3-5(6(8)9)7-13(10,11)12/h4-5H,3H2,1-2H3,(H,8,9)(H3,7,10,11,12)/p-2. The molecule has 0 heterocycles. The molecule has 0 aromatic carbocycles. The molecule has 78 valence electrons. The summed E-state index contributed by atoms with van der Waals surface area (Å²) in [6, 6.07) is -1.32.